The van der Waals surface area contributed by atoms with Gasteiger partial charge >= 0.3 is 0 Å². The summed E-state index contributed by atoms with van der Waals surface area (Å²) in [5.41, 5.74) is 3.89. The third kappa shape index (κ3) is 2.73. The van der Waals surface area contributed by atoms with Crippen molar-refractivity contribution in [2.45, 2.75) is 26.7 Å². The molecular weight excluding hydrogens is 211 g/mol. The summed E-state index contributed by atoms with van der Waals surface area (Å²) in [6.07, 6.45) is 2.22. The van der Waals surface area contributed by atoms with Crippen molar-refractivity contribution in [1.82, 2.24) is 0 Å². The van der Waals surface area contributed by atoms with Gasteiger partial charge in [-0.05, 0) is 36.1 Å². The van der Waals surface area contributed by atoms with Gasteiger partial charge < -0.3 is 0 Å². The number of aryl methyl sites for hydroxylation is 2. The fourth-order valence-corrected chi connectivity index (χ4v) is 1.99. The SMILES string of the molecule is CCCc1ccc(-c2ccc(C)cc2F)cc1. The van der Waals surface area contributed by atoms with Gasteiger partial charge in [-0.15, -0.1) is 0 Å². The molecule has 0 nitrogen and oxygen atoms in total. The second kappa shape index (κ2) is 5.13. The molecular formula is C16H17F. The molecule has 0 aliphatic rings. The van der Waals surface area contributed by atoms with Gasteiger partial charge in [-0.3, -0.25) is 0 Å². The minimum atomic E-state index is -0.145. The van der Waals surface area contributed by atoms with Gasteiger partial charge in [-0.2, -0.15) is 0 Å². The third-order valence-corrected chi connectivity index (χ3v) is 2.93. The van der Waals surface area contributed by atoms with E-state index >= 15 is 0 Å². The summed E-state index contributed by atoms with van der Waals surface area (Å²) in [4.78, 5) is 0. The van der Waals surface area contributed by atoms with Crippen molar-refractivity contribution < 1.29 is 4.39 Å². The lowest BCUT2D eigenvalue weighted by molar-refractivity contribution is 0.630. The molecule has 0 atom stereocenters. The first-order chi connectivity index (χ1) is 8.20. The van der Waals surface area contributed by atoms with E-state index in [-0.39, 0.29) is 5.82 Å². The molecule has 0 fully saturated rings. The predicted octanol–water partition coefficient (Wildman–Crippen LogP) is 4.75. The van der Waals surface area contributed by atoms with Gasteiger partial charge in [-0.25, -0.2) is 4.39 Å². The second-order valence-electron chi connectivity index (χ2n) is 4.43. The van der Waals surface area contributed by atoms with Crippen LogP contribution in [0.5, 0.6) is 0 Å². The Morgan fingerprint density at radius 1 is 1.00 bits per heavy atom. The number of rotatable bonds is 3. The molecule has 0 amide bonds. The summed E-state index contributed by atoms with van der Waals surface area (Å²) in [6, 6.07) is 13.5. The van der Waals surface area contributed by atoms with Crippen LogP contribution in [0, 0.1) is 12.7 Å². The molecule has 0 aromatic heterocycles. The first-order valence-corrected chi connectivity index (χ1v) is 6.06. The Hall–Kier alpha value is -1.63. The third-order valence-electron chi connectivity index (χ3n) is 2.93. The van der Waals surface area contributed by atoms with E-state index in [9.17, 15) is 4.39 Å². The van der Waals surface area contributed by atoms with Crippen LogP contribution in [-0.4, -0.2) is 0 Å². The highest BCUT2D eigenvalue weighted by atomic mass is 19.1. The van der Waals surface area contributed by atoms with Gasteiger partial charge in [0.15, 0.2) is 0 Å². The summed E-state index contributed by atoms with van der Waals surface area (Å²) in [7, 11) is 0. The average Bonchev–Trinajstić information content (AvgIpc) is 2.31. The van der Waals surface area contributed by atoms with Gasteiger partial charge in [0.2, 0.25) is 0 Å². The fourth-order valence-electron chi connectivity index (χ4n) is 1.99. The highest BCUT2D eigenvalue weighted by Gasteiger charge is 2.04. The standard InChI is InChI=1S/C16H17F/c1-3-4-13-6-8-14(9-7-13)15-10-5-12(2)11-16(15)17/h5-11H,3-4H2,1-2H3. The van der Waals surface area contributed by atoms with E-state index < -0.39 is 0 Å². The molecule has 0 spiro atoms. The molecule has 0 saturated carbocycles. The second-order valence-corrected chi connectivity index (χ2v) is 4.43. The molecule has 0 aliphatic carbocycles. The predicted molar refractivity (Wildman–Crippen MR) is 70.6 cm³/mol. The van der Waals surface area contributed by atoms with E-state index in [1.165, 1.54) is 5.56 Å². The minimum absolute atomic E-state index is 0.145. The molecule has 0 bridgehead atoms. The lowest BCUT2D eigenvalue weighted by atomic mass is 10.0. The Bertz CT molecular complexity index is 497. The van der Waals surface area contributed by atoms with Crippen molar-refractivity contribution in [1.29, 1.82) is 0 Å². The van der Waals surface area contributed by atoms with Crippen LogP contribution >= 0.6 is 0 Å². The van der Waals surface area contributed by atoms with Crippen molar-refractivity contribution in [2.75, 3.05) is 0 Å². The van der Waals surface area contributed by atoms with E-state index in [0.717, 1.165) is 24.0 Å². The lowest BCUT2D eigenvalue weighted by Crippen LogP contribution is -1.87. The molecule has 2 aromatic rings. The van der Waals surface area contributed by atoms with E-state index in [0.29, 0.717) is 5.56 Å². The number of hydrogen-bond donors (Lipinski definition) is 0. The zero-order valence-corrected chi connectivity index (χ0v) is 10.3. The lowest BCUT2D eigenvalue weighted by Gasteiger charge is -2.06. The van der Waals surface area contributed by atoms with Crippen molar-refractivity contribution in [2.24, 2.45) is 0 Å². The van der Waals surface area contributed by atoms with Gasteiger partial charge in [0.1, 0.15) is 5.82 Å². The van der Waals surface area contributed by atoms with Crippen LogP contribution in [0.3, 0.4) is 0 Å². The number of halogens is 1. The summed E-state index contributed by atoms with van der Waals surface area (Å²) in [5.74, 6) is -0.145. The molecule has 1 heteroatoms. The fraction of sp³-hybridized carbons (Fsp3) is 0.250. The Kier molecular flexibility index (Phi) is 3.58. The molecule has 88 valence electrons. The Morgan fingerprint density at radius 3 is 2.29 bits per heavy atom. The van der Waals surface area contributed by atoms with Gasteiger partial charge in [0, 0.05) is 5.56 Å². The van der Waals surface area contributed by atoms with Crippen molar-refractivity contribution in [3.05, 3.63) is 59.4 Å². The van der Waals surface area contributed by atoms with E-state index in [4.69, 9.17) is 0 Å². The summed E-state index contributed by atoms with van der Waals surface area (Å²) < 4.78 is 13.8. The van der Waals surface area contributed by atoms with Gasteiger partial charge in [0.05, 0.1) is 0 Å². The molecule has 0 aliphatic heterocycles. The van der Waals surface area contributed by atoms with E-state index in [1.807, 2.05) is 31.2 Å². The normalized spacial score (nSPS) is 10.5. The van der Waals surface area contributed by atoms with Crippen LogP contribution in [0.25, 0.3) is 11.1 Å². The van der Waals surface area contributed by atoms with Gasteiger partial charge in [-0.1, -0.05) is 49.7 Å². The number of hydrogen-bond acceptors (Lipinski definition) is 0. The molecule has 0 radical (unpaired) electrons. The van der Waals surface area contributed by atoms with Crippen LogP contribution < -0.4 is 0 Å². The minimum Gasteiger partial charge on any atom is -0.206 e. The molecule has 2 rings (SSSR count). The number of benzene rings is 2. The van der Waals surface area contributed by atoms with E-state index in [2.05, 4.69) is 19.1 Å². The maximum absolute atomic E-state index is 13.8. The largest absolute Gasteiger partial charge is 0.206 e. The zero-order chi connectivity index (χ0) is 12.3. The van der Waals surface area contributed by atoms with E-state index in [1.54, 1.807) is 6.07 Å². The molecule has 0 heterocycles. The first-order valence-electron chi connectivity index (χ1n) is 6.06. The van der Waals surface area contributed by atoms with Crippen molar-refractivity contribution >= 4 is 0 Å². The van der Waals surface area contributed by atoms with Gasteiger partial charge in [0.25, 0.3) is 0 Å². The molecule has 0 saturated heterocycles. The Balaban J connectivity index is 2.33. The summed E-state index contributed by atoms with van der Waals surface area (Å²) in [5, 5.41) is 0. The molecule has 2 aromatic carbocycles. The molecule has 0 N–H and O–H groups in total. The Labute approximate surface area is 102 Å². The quantitative estimate of drug-likeness (QED) is 0.711. The van der Waals surface area contributed by atoms with Crippen LogP contribution in [0.15, 0.2) is 42.5 Å². The van der Waals surface area contributed by atoms with Crippen molar-refractivity contribution in [3.8, 4) is 11.1 Å². The van der Waals surface area contributed by atoms with Crippen LogP contribution in [0.2, 0.25) is 0 Å². The van der Waals surface area contributed by atoms with Crippen LogP contribution in [-0.2, 0) is 6.42 Å². The highest BCUT2D eigenvalue weighted by Crippen LogP contribution is 2.24. The summed E-state index contributed by atoms with van der Waals surface area (Å²) in [6.45, 7) is 4.06. The monoisotopic (exact) mass is 228 g/mol. The topological polar surface area (TPSA) is 0 Å². The zero-order valence-electron chi connectivity index (χ0n) is 10.3. The maximum Gasteiger partial charge on any atom is 0.131 e. The smallest absolute Gasteiger partial charge is 0.131 e. The van der Waals surface area contributed by atoms with Crippen LogP contribution in [0.1, 0.15) is 24.5 Å². The molecule has 0 unspecified atom stereocenters. The Morgan fingerprint density at radius 2 is 1.71 bits per heavy atom. The maximum atomic E-state index is 13.8. The molecule has 17 heavy (non-hydrogen) atoms. The summed E-state index contributed by atoms with van der Waals surface area (Å²) >= 11 is 0. The average molecular weight is 228 g/mol. The van der Waals surface area contributed by atoms with Crippen LogP contribution in [0.4, 0.5) is 4.39 Å². The highest BCUT2D eigenvalue weighted by molar-refractivity contribution is 5.64. The first kappa shape index (κ1) is 11.8. The van der Waals surface area contributed by atoms with Crippen molar-refractivity contribution in [3.63, 3.8) is 0 Å².